The number of ether oxygens (including phenoxy) is 1. The molecule has 3 aliphatic rings. The average Bonchev–Trinajstić information content (AvgIpc) is 3.33. The van der Waals surface area contributed by atoms with Crippen LogP contribution in [0.2, 0.25) is 5.02 Å². The number of halogens is 1. The zero-order valence-corrected chi connectivity index (χ0v) is 19.3. The molecule has 2 heterocycles. The van der Waals surface area contributed by atoms with Crippen LogP contribution < -0.4 is 14.5 Å². The van der Waals surface area contributed by atoms with E-state index < -0.39 is 11.9 Å². The largest absolute Gasteiger partial charge is 0.426 e. The number of rotatable bonds is 4. The summed E-state index contributed by atoms with van der Waals surface area (Å²) in [6.07, 6.45) is 4.57. The number of benzene rings is 2. The predicted molar refractivity (Wildman–Crippen MR) is 126 cm³/mol. The molecule has 2 aromatic carbocycles. The van der Waals surface area contributed by atoms with Crippen molar-refractivity contribution in [1.82, 2.24) is 0 Å². The standard InChI is InChI=1S/C26H23ClN2O5/c1-15-4-2-7-21-23(15)25(32)29(24(21)31)18-8-10-20(11-9-18)34-26(33)16-12-22(30)28(14-16)19-6-3-5-17(27)13-19/h2-6,8-11,13,15-16,21,23H,7,12,14H2,1H3/t15-,16+,21+,23-/m1/s1. The van der Waals surface area contributed by atoms with Crippen molar-refractivity contribution in [3.63, 3.8) is 0 Å². The van der Waals surface area contributed by atoms with E-state index in [1.165, 1.54) is 9.80 Å². The van der Waals surface area contributed by atoms with Crippen LogP contribution in [0.3, 0.4) is 0 Å². The van der Waals surface area contributed by atoms with E-state index >= 15 is 0 Å². The van der Waals surface area contributed by atoms with Gasteiger partial charge in [-0.15, -0.1) is 0 Å². The number of nitrogens with zero attached hydrogens (tertiary/aromatic N) is 2. The number of carbonyl (C=O) groups is 4. The van der Waals surface area contributed by atoms with Crippen LogP contribution in [-0.2, 0) is 19.2 Å². The average molecular weight is 479 g/mol. The Labute approximate surface area is 201 Å². The molecule has 2 aromatic rings. The highest BCUT2D eigenvalue weighted by molar-refractivity contribution is 6.31. The van der Waals surface area contributed by atoms with Crippen molar-refractivity contribution in [2.75, 3.05) is 16.3 Å². The number of hydrogen-bond donors (Lipinski definition) is 0. The molecular formula is C26H23ClN2O5. The Balaban J connectivity index is 1.25. The lowest BCUT2D eigenvalue weighted by Crippen LogP contribution is -2.31. The number of hydrogen-bond acceptors (Lipinski definition) is 5. The summed E-state index contributed by atoms with van der Waals surface area (Å²) in [5.74, 6) is -2.03. The zero-order valence-electron chi connectivity index (χ0n) is 18.5. The molecule has 8 heteroatoms. The Morgan fingerprint density at radius 3 is 2.50 bits per heavy atom. The molecule has 3 amide bonds. The summed E-state index contributed by atoms with van der Waals surface area (Å²) in [5, 5.41) is 0.511. The second-order valence-electron chi connectivity index (χ2n) is 8.97. The Kier molecular flexibility index (Phi) is 5.73. The lowest BCUT2D eigenvalue weighted by molar-refractivity contribution is -0.139. The fourth-order valence-corrected chi connectivity index (χ4v) is 5.21. The quantitative estimate of drug-likeness (QED) is 0.287. The number of carbonyl (C=O) groups excluding carboxylic acids is 4. The van der Waals surface area contributed by atoms with Gasteiger partial charge in [-0.05, 0) is 54.8 Å². The van der Waals surface area contributed by atoms with E-state index in [2.05, 4.69) is 0 Å². The van der Waals surface area contributed by atoms with Crippen LogP contribution in [0.5, 0.6) is 5.75 Å². The number of amides is 3. The van der Waals surface area contributed by atoms with E-state index in [1.807, 2.05) is 19.1 Å². The number of fused-ring (bicyclic) bond motifs is 1. The van der Waals surface area contributed by atoms with Gasteiger partial charge in [0.1, 0.15) is 5.75 Å². The molecular weight excluding hydrogens is 456 g/mol. The van der Waals surface area contributed by atoms with Crippen molar-refractivity contribution in [3.05, 3.63) is 65.7 Å². The van der Waals surface area contributed by atoms with Gasteiger partial charge in [0.2, 0.25) is 17.7 Å². The summed E-state index contributed by atoms with van der Waals surface area (Å²) in [7, 11) is 0. The molecule has 0 N–H and O–H groups in total. The highest BCUT2D eigenvalue weighted by atomic mass is 35.5. The van der Waals surface area contributed by atoms with Crippen LogP contribution in [0.15, 0.2) is 60.7 Å². The van der Waals surface area contributed by atoms with Gasteiger partial charge in [0.05, 0.1) is 23.4 Å². The summed E-state index contributed by atoms with van der Waals surface area (Å²) >= 11 is 6.02. The van der Waals surface area contributed by atoms with Gasteiger partial charge in [0, 0.05) is 23.7 Å². The van der Waals surface area contributed by atoms with Crippen molar-refractivity contribution < 1.29 is 23.9 Å². The summed E-state index contributed by atoms with van der Waals surface area (Å²) in [4.78, 5) is 53.7. The first-order chi connectivity index (χ1) is 16.3. The molecule has 34 heavy (non-hydrogen) atoms. The second kappa shape index (κ2) is 8.72. The van der Waals surface area contributed by atoms with E-state index in [9.17, 15) is 19.2 Å². The molecule has 2 aliphatic heterocycles. The molecule has 7 nitrogen and oxygen atoms in total. The van der Waals surface area contributed by atoms with Crippen molar-refractivity contribution in [1.29, 1.82) is 0 Å². The minimum atomic E-state index is -0.606. The fraction of sp³-hybridized carbons (Fsp3) is 0.308. The lowest BCUT2D eigenvalue weighted by Gasteiger charge is -2.22. The van der Waals surface area contributed by atoms with E-state index in [4.69, 9.17) is 16.3 Å². The lowest BCUT2D eigenvalue weighted by atomic mass is 9.78. The normalized spacial score (nSPS) is 26.2. The molecule has 0 unspecified atom stereocenters. The van der Waals surface area contributed by atoms with Gasteiger partial charge in [0.15, 0.2) is 0 Å². The summed E-state index contributed by atoms with van der Waals surface area (Å²) in [6, 6.07) is 13.2. The Hall–Kier alpha value is -3.45. The summed E-state index contributed by atoms with van der Waals surface area (Å²) in [6.45, 7) is 2.16. The van der Waals surface area contributed by atoms with Gasteiger partial charge < -0.3 is 9.64 Å². The predicted octanol–water partition coefficient (Wildman–Crippen LogP) is 4.00. The minimum absolute atomic E-state index is 0.0148. The topological polar surface area (TPSA) is 84.0 Å². The number of imide groups is 1. The maximum absolute atomic E-state index is 12.9. The van der Waals surface area contributed by atoms with Gasteiger partial charge in [-0.1, -0.05) is 36.7 Å². The molecule has 5 rings (SSSR count). The van der Waals surface area contributed by atoms with Crippen LogP contribution in [0.25, 0.3) is 0 Å². The fourth-order valence-electron chi connectivity index (χ4n) is 5.02. The Morgan fingerprint density at radius 2 is 1.79 bits per heavy atom. The molecule has 2 saturated heterocycles. The minimum Gasteiger partial charge on any atom is -0.426 e. The molecule has 0 bridgehead atoms. The van der Waals surface area contributed by atoms with Crippen molar-refractivity contribution in [2.24, 2.45) is 23.7 Å². The van der Waals surface area contributed by atoms with Crippen molar-refractivity contribution in [2.45, 2.75) is 19.8 Å². The van der Waals surface area contributed by atoms with Gasteiger partial charge in [-0.2, -0.15) is 0 Å². The van der Waals surface area contributed by atoms with Gasteiger partial charge in [0.25, 0.3) is 0 Å². The first-order valence-electron chi connectivity index (χ1n) is 11.3. The first-order valence-corrected chi connectivity index (χ1v) is 11.6. The molecule has 0 spiro atoms. The highest BCUT2D eigenvalue weighted by Gasteiger charge is 2.50. The third kappa shape index (κ3) is 3.90. The molecule has 1 aliphatic carbocycles. The highest BCUT2D eigenvalue weighted by Crippen LogP contribution is 2.40. The first kappa shape index (κ1) is 22.3. The molecule has 2 fully saturated rings. The van der Waals surface area contributed by atoms with Gasteiger partial charge in [-0.3, -0.25) is 24.1 Å². The van der Waals surface area contributed by atoms with E-state index in [0.29, 0.717) is 22.8 Å². The molecule has 0 saturated carbocycles. The molecule has 0 aromatic heterocycles. The van der Waals surface area contributed by atoms with Crippen LogP contribution in [-0.4, -0.2) is 30.2 Å². The number of esters is 1. The molecule has 0 radical (unpaired) electrons. The third-order valence-corrected chi connectivity index (χ3v) is 7.00. The smallest absolute Gasteiger partial charge is 0.316 e. The number of anilines is 2. The second-order valence-corrected chi connectivity index (χ2v) is 9.40. The Bertz CT molecular complexity index is 1210. The van der Waals surface area contributed by atoms with E-state index in [-0.39, 0.29) is 54.2 Å². The van der Waals surface area contributed by atoms with Gasteiger partial charge in [-0.25, -0.2) is 0 Å². The van der Waals surface area contributed by atoms with Crippen LogP contribution in [0.4, 0.5) is 11.4 Å². The van der Waals surface area contributed by atoms with Gasteiger partial charge >= 0.3 is 5.97 Å². The maximum atomic E-state index is 12.9. The summed E-state index contributed by atoms with van der Waals surface area (Å²) < 4.78 is 5.50. The monoisotopic (exact) mass is 478 g/mol. The van der Waals surface area contributed by atoms with E-state index in [0.717, 1.165) is 0 Å². The zero-order chi connectivity index (χ0) is 24.0. The van der Waals surface area contributed by atoms with Crippen molar-refractivity contribution in [3.8, 4) is 5.75 Å². The summed E-state index contributed by atoms with van der Waals surface area (Å²) in [5.41, 5.74) is 1.10. The maximum Gasteiger partial charge on any atom is 0.316 e. The Morgan fingerprint density at radius 1 is 1.03 bits per heavy atom. The van der Waals surface area contributed by atoms with Crippen LogP contribution in [0.1, 0.15) is 19.8 Å². The third-order valence-electron chi connectivity index (χ3n) is 6.76. The van der Waals surface area contributed by atoms with Crippen LogP contribution in [0, 0.1) is 23.7 Å². The van der Waals surface area contributed by atoms with Crippen molar-refractivity contribution >= 4 is 46.7 Å². The van der Waals surface area contributed by atoms with E-state index in [1.54, 1.807) is 48.5 Å². The SMILES string of the molecule is C[C@@H]1C=CC[C@@H]2C(=O)N(c3ccc(OC(=O)[C@H]4CC(=O)N(c5cccc(Cl)c5)C4)cc3)C(=O)[C@H]12. The molecule has 174 valence electrons. The molecule has 4 atom stereocenters. The number of allylic oxidation sites excluding steroid dienone is 2. The van der Waals surface area contributed by atoms with Crippen LogP contribution >= 0.6 is 11.6 Å².